The van der Waals surface area contributed by atoms with Crippen molar-refractivity contribution in [2.24, 2.45) is 0 Å². The molecule has 0 aliphatic rings. The third-order valence-electron chi connectivity index (χ3n) is 2.89. The van der Waals surface area contributed by atoms with Gasteiger partial charge in [0.05, 0.1) is 28.5 Å². The minimum absolute atomic E-state index is 0.450. The summed E-state index contributed by atoms with van der Waals surface area (Å²) in [6.45, 7) is 0. The molecular formula is C14H14Cl2N2O. The second-order valence-electron chi connectivity index (χ2n) is 4.08. The van der Waals surface area contributed by atoms with Crippen LogP contribution in [0.25, 0.3) is 0 Å². The fourth-order valence-corrected chi connectivity index (χ4v) is 2.12. The van der Waals surface area contributed by atoms with Gasteiger partial charge in [0.15, 0.2) is 0 Å². The molecule has 2 aromatic carbocycles. The maximum Gasteiger partial charge on any atom is 0.119 e. The molecule has 100 valence electrons. The quantitative estimate of drug-likeness (QED) is 0.856. The maximum absolute atomic E-state index is 6.03. The first-order valence-electron chi connectivity index (χ1n) is 5.65. The van der Waals surface area contributed by atoms with Crippen molar-refractivity contribution in [3.8, 4) is 5.75 Å². The number of anilines is 3. The molecular weight excluding hydrogens is 283 g/mol. The maximum atomic E-state index is 6.03. The van der Waals surface area contributed by atoms with Crippen molar-refractivity contribution in [3.63, 3.8) is 0 Å². The van der Waals surface area contributed by atoms with Gasteiger partial charge in [-0.25, -0.2) is 0 Å². The van der Waals surface area contributed by atoms with E-state index in [4.69, 9.17) is 33.7 Å². The van der Waals surface area contributed by atoms with Crippen molar-refractivity contribution in [2.45, 2.75) is 0 Å². The molecule has 0 aliphatic heterocycles. The molecule has 0 atom stereocenters. The summed E-state index contributed by atoms with van der Waals surface area (Å²) in [6, 6.07) is 11.1. The highest BCUT2D eigenvalue weighted by Crippen LogP contribution is 2.35. The van der Waals surface area contributed by atoms with Crippen LogP contribution in [0.2, 0.25) is 10.0 Å². The molecule has 0 aliphatic carbocycles. The molecule has 2 aromatic rings. The van der Waals surface area contributed by atoms with Crippen LogP contribution >= 0.6 is 23.2 Å². The zero-order chi connectivity index (χ0) is 14.0. The Morgan fingerprint density at radius 1 is 1.05 bits per heavy atom. The number of halogens is 2. The van der Waals surface area contributed by atoms with Crippen molar-refractivity contribution in [2.75, 3.05) is 24.8 Å². The van der Waals surface area contributed by atoms with Gasteiger partial charge >= 0.3 is 0 Å². The number of hydrogen-bond donors (Lipinski definition) is 1. The lowest BCUT2D eigenvalue weighted by atomic mass is 10.2. The van der Waals surface area contributed by atoms with Gasteiger partial charge in [-0.3, -0.25) is 0 Å². The van der Waals surface area contributed by atoms with Gasteiger partial charge in [0, 0.05) is 12.7 Å². The Labute approximate surface area is 122 Å². The molecule has 0 amide bonds. The van der Waals surface area contributed by atoms with Crippen molar-refractivity contribution >= 4 is 40.3 Å². The van der Waals surface area contributed by atoms with Gasteiger partial charge in [-0.1, -0.05) is 23.2 Å². The van der Waals surface area contributed by atoms with Crippen LogP contribution in [0.15, 0.2) is 36.4 Å². The smallest absolute Gasteiger partial charge is 0.119 e. The number of nitrogen functional groups attached to an aromatic ring is 1. The fourth-order valence-electron chi connectivity index (χ4n) is 1.79. The summed E-state index contributed by atoms with van der Waals surface area (Å²) in [6.07, 6.45) is 0. The highest BCUT2D eigenvalue weighted by Gasteiger charge is 2.11. The topological polar surface area (TPSA) is 38.5 Å². The standard InChI is InChI=1S/C14H14Cl2N2O/c1-18(9-3-5-10(19-2)6-4-9)14-8-12(16)11(15)7-13(14)17/h3-8H,17H2,1-2H3. The van der Waals surface area contributed by atoms with Crippen molar-refractivity contribution in [1.29, 1.82) is 0 Å². The molecule has 0 radical (unpaired) electrons. The lowest BCUT2D eigenvalue weighted by molar-refractivity contribution is 0.415. The normalized spacial score (nSPS) is 10.3. The van der Waals surface area contributed by atoms with Crippen LogP contribution in [0.1, 0.15) is 0 Å². The van der Waals surface area contributed by atoms with E-state index in [1.165, 1.54) is 0 Å². The third kappa shape index (κ3) is 2.88. The monoisotopic (exact) mass is 296 g/mol. The molecule has 0 fully saturated rings. The number of hydrogen-bond acceptors (Lipinski definition) is 3. The molecule has 0 spiro atoms. The average Bonchev–Trinajstić information content (AvgIpc) is 2.42. The van der Waals surface area contributed by atoms with E-state index >= 15 is 0 Å². The number of benzene rings is 2. The Hall–Kier alpha value is -1.58. The highest BCUT2D eigenvalue weighted by molar-refractivity contribution is 6.42. The Morgan fingerprint density at radius 3 is 2.21 bits per heavy atom. The first kappa shape index (κ1) is 13.8. The van der Waals surface area contributed by atoms with Gasteiger partial charge in [-0.05, 0) is 36.4 Å². The fraction of sp³-hybridized carbons (Fsp3) is 0.143. The van der Waals surface area contributed by atoms with Crippen LogP contribution < -0.4 is 15.4 Å². The summed E-state index contributed by atoms with van der Waals surface area (Å²) >= 11 is 12.0. The minimum Gasteiger partial charge on any atom is -0.497 e. The Bertz CT molecular complexity index is 585. The second-order valence-corrected chi connectivity index (χ2v) is 4.90. The summed E-state index contributed by atoms with van der Waals surface area (Å²) < 4.78 is 5.13. The Morgan fingerprint density at radius 2 is 1.63 bits per heavy atom. The molecule has 0 bridgehead atoms. The molecule has 0 heterocycles. The van der Waals surface area contributed by atoms with Gasteiger partial charge in [0.2, 0.25) is 0 Å². The largest absolute Gasteiger partial charge is 0.497 e. The molecule has 5 heteroatoms. The van der Waals surface area contributed by atoms with Crippen LogP contribution in [0.3, 0.4) is 0 Å². The average molecular weight is 297 g/mol. The Kier molecular flexibility index (Phi) is 4.08. The van der Waals surface area contributed by atoms with Crippen molar-refractivity contribution < 1.29 is 4.74 Å². The van der Waals surface area contributed by atoms with E-state index < -0.39 is 0 Å². The summed E-state index contributed by atoms with van der Waals surface area (Å²) in [5.41, 5.74) is 8.33. The van der Waals surface area contributed by atoms with Crippen LogP contribution in [-0.2, 0) is 0 Å². The van der Waals surface area contributed by atoms with E-state index in [1.54, 1.807) is 19.2 Å². The van der Waals surface area contributed by atoms with E-state index in [2.05, 4.69) is 0 Å². The van der Waals surface area contributed by atoms with Gasteiger partial charge in [-0.2, -0.15) is 0 Å². The van der Waals surface area contributed by atoms with Gasteiger partial charge in [0.25, 0.3) is 0 Å². The predicted molar refractivity (Wildman–Crippen MR) is 81.9 cm³/mol. The summed E-state index contributed by atoms with van der Waals surface area (Å²) in [7, 11) is 3.55. The summed E-state index contributed by atoms with van der Waals surface area (Å²) in [4.78, 5) is 1.94. The SMILES string of the molecule is COc1ccc(N(C)c2cc(Cl)c(Cl)cc2N)cc1. The van der Waals surface area contributed by atoms with Crippen molar-refractivity contribution in [1.82, 2.24) is 0 Å². The van der Waals surface area contributed by atoms with E-state index in [0.717, 1.165) is 17.1 Å². The van der Waals surface area contributed by atoms with E-state index in [-0.39, 0.29) is 0 Å². The predicted octanol–water partition coefficient (Wildman–Crippen LogP) is 4.35. The minimum atomic E-state index is 0.450. The first-order valence-corrected chi connectivity index (χ1v) is 6.41. The van der Waals surface area contributed by atoms with Crippen LogP contribution in [-0.4, -0.2) is 14.2 Å². The van der Waals surface area contributed by atoms with E-state index in [9.17, 15) is 0 Å². The number of ether oxygens (including phenoxy) is 1. The van der Waals surface area contributed by atoms with Crippen LogP contribution in [0.4, 0.5) is 17.1 Å². The van der Waals surface area contributed by atoms with Crippen LogP contribution in [0, 0.1) is 0 Å². The lowest BCUT2D eigenvalue weighted by Crippen LogP contribution is -2.11. The number of methoxy groups -OCH3 is 1. The zero-order valence-corrected chi connectivity index (χ0v) is 12.2. The summed E-state index contributed by atoms with van der Waals surface area (Å²) in [5, 5.41) is 0.928. The zero-order valence-electron chi connectivity index (χ0n) is 10.7. The van der Waals surface area contributed by atoms with Gasteiger partial charge < -0.3 is 15.4 Å². The number of nitrogens with zero attached hydrogens (tertiary/aromatic N) is 1. The Balaban J connectivity index is 2.37. The highest BCUT2D eigenvalue weighted by atomic mass is 35.5. The molecule has 0 saturated carbocycles. The molecule has 0 aromatic heterocycles. The van der Waals surface area contributed by atoms with Gasteiger partial charge in [0.1, 0.15) is 5.75 Å². The molecule has 2 rings (SSSR count). The third-order valence-corrected chi connectivity index (χ3v) is 3.61. The molecule has 0 unspecified atom stereocenters. The van der Waals surface area contributed by atoms with Crippen LogP contribution in [0.5, 0.6) is 5.75 Å². The molecule has 0 saturated heterocycles. The first-order chi connectivity index (χ1) is 9.02. The van der Waals surface area contributed by atoms with E-state index in [1.807, 2.05) is 36.2 Å². The molecule has 2 N–H and O–H groups in total. The van der Waals surface area contributed by atoms with E-state index in [0.29, 0.717) is 15.7 Å². The number of rotatable bonds is 3. The summed E-state index contributed by atoms with van der Waals surface area (Å²) in [5.74, 6) is 0.805. The molecule has 19 heavy (non-hydrogen) atoms. The molecule has 3 nitrogen and oxygen atoms in total. The van der Waals surface area contributed by atoms with Gasteiger partial charge in [-0.15, -0.1) is 0 Å². The van der Waals surface area contributed by atoms with Crippen molar-refractivity contribution in [3.05, 3.63) is 46.4 Å². The lowest BCUT2D eigenvalue weighted by Gasteiger charge is -2.22. The number of nitrogens with two attached hydrogens (primary N) is 1. The second kappa shape index (κ2) is 5.59.